The van der Waals surface area contributed by atoms with Crippen molar-refractivity contribution in [3.05, 3.63) is 59.7 Å². The van der Waals surface area contributed by atoms with Crippen LogP contribution in [-0.2, 0) is 6.42 Å². The molecule has 0 amide bonds. The summed E-state index contributed by atoms with van der Waals surface area (Å²) in [5.74, 6) is 1.47. The number of allylic oxidation sites excluding steroid dienone is 3. The SMILES string of the molecule is C=C(C)C1CC1c1ccccc1CC/C=C\CCI. The first-order chi connectivity index (χ1) is 9.24. The minimum absolute atomic E-state index is 0.732. The number of alkyl halides is 1. The molecule has 0 heterocycles. The highest BCUT2D eigenvalue weighted by molar-refractivity contribution is 14.1. The van der Waals surface area contributed by atoms with Crippen molar-refractivity contribution in [2.24, 2.45) is 5.92 Å². The first-order valence-electron chi connectivity index (χ1n) is 7.18. The van der Waals surface area contributed by atoms with Gasteiger partial charge in [-0.15, -0.1) is 0 Å². The van der Waals surface area contributed by atoms with Crippen molar-refractivity contribution in [1.29, 1.82) is 0 Å². The molecule has 1 aromatic rings. The molecule has 0 saturated heterocycles. The molecule has 0 spiro atoms. The van der Waals surface area contributed by atoms with E-state index in [-0.39, 0.29) is 0 Å². The van der Waals surface area contributed by atoms with Crippen molar-refractivity contribution < 1.29 is 0 Å². The second kappa shape index (κ2) is 7.28. The zero-order valence-corrected chi connectivity index (χ0v) is 13.9. The number of benzene rings is 1. The summed E-state index contributed by atoms with van der Waals surface area (Å²) in [6.45, 7) is 6.27. The molecule has 1 heteroatoms. The molecule has 0 aliphatic heterocycles. The van der Waals surface area contributed by atoms with Crippen LogP contribution in [0.4, 0.5) is 0 Å². The molecule has 2 atom stereocenters. The predicted octanol–water partition coefficient (Wildman–Crippen LogP) is 5.68. The van der Waals surface area contributed by atoms with Crippen LogP contribution in [-0.4, -0.2) is 4.43 Å². The van der Waals surface area contributed by atoms with Crippen LogP contribution in [0, 0.1) is 5.92 Å². The molecular weight excluding hydrogens is 343 g/mol. The van der Waals surface area contributed by atoms with E-state index in [0.717, 1.165) is 18.3 Å². The maximum absolute atomic E-state index is 4.11. The fraction of sp³-hybridized carbons (Fsp3) is 0.444. The van der Waals surface area contributed by atoms with Gasteiger partial charge in [-0.25, -0.2) is 0 Å². The highest BCUT2D eigenvalue weighted by Gasteiger charge is 2.39. The largest absolute Gasteiger partial charge is 0.0998 e. The maximum Gasteiger partial charge on any atom is 0.00299 e. The molecule has 1 saturated carbocycles. The lowest BCUT2D eigenvalue weighted by atomic mass is 9.97. The van der Waals surface area contributed by atoms with Crippen molar-refractivity contribution in [3.63, 3.8) is 0 Å². The Morgan fingerprint density at radius 1 is 1.32 bits per heavy atom. The van der Waals surface area contributed by atoms with Gasteiger partial charge in [0.1, 0.15) is 0 Å². The predicted molar refractivity (Wildman–Crippen MR) is 93.1 cm³/mol. The van der Waals surface area contributed by atoms with Crippen molar-refractivity contribution in [1.82, 2.24) is 0 Å². The summed E-state index contributed by atoms with van der Waals surface area (Å²) in [6.07, 6.45) is 9.48. The first-order valence-corrected chi connectivity index (χ1v) is 8.70. The zero-order chi connectivity index (χ0) is 13.7. The number of aryl methyl sites for hydroxylation is 1. The van der Waals surface area contributed by atoms with Crippen LogP contribution in [0.15, 0.2) is 48.6 Å². The van der Waals surface area contributed by atoms with E-state index in [1.807, 2.05) is 0 Å². The second-order valence-electron chi connectivity index (χ2n) is 5.48. The summed E-state index contributed by atoms with van der Waals surface area (Å²) in [4.78, 5) is 0. The lowest BCUT2D eigenvalue weighted by Crippen LogP contribution is -1.93. The van der Waals surface area contributed by atoms with Crippen LogP contribution in [0.2, 0.25) is 0 Å². The van der Waals surface area contributed by atoms with Crippen molar-refractivity contribution in [2.45, 2.75) is 38.5 Å². The van der Waals surface area contributed by atoms with Crippen molar-refractivity contribution in [3.8, 4) is 0 Å². The highest BCUT2D eigenvalue weighted by atomic mass is 127. The zero-order valence-electron chi connectivity index (χ0n) is 11.7. The van der Waals surface area contributed by atoms with E-state index in [1.165, 1.54) is 34.8 Å². The molecule has 0 N–H and O–H groups in total. The van der Waals surface area contributed by atoms with E-state index in [9.17, 15) is 0 Å². The summed E-state index contributed by atoms with van der Waals surface area (Å²) in [5.41, 5.74) is 4.45. The molecule has 2 rings (SSSR count). The fourth-order valence-corrected chi connectivity index (χ4v) is 3.10. The van der Waals surface area contributed by atoms with Gasteiger partial charge in [0.2, 0.25) is 0 Å². The number of hydrogen-bond donors (Lipinski definition) is 0. The topological polar surface area (TPSA) is 0 Å². The van der Waals surface area contributed by atoms with Gasteiger partial charge in [0.05, 0.1) is 0 Å². The third-order valence-corrected chi connectivity index (χ3v) is 4.52. The summed E-state index contributed by atoms with van der Waals surface area (Å²) in [5, 5.41) is 0. The summed E-state index contributed by atoms with van der Waals surface area (Å²) >= 11 is 2.42. The molecular formula is C18H23I. The molecule has 1 aliphatic rings. The van der Waals surface area contributed by atoms with Gasteiger partial charge in [-0.1, -0.05) is 71.2 Å². The van der Waals surface area contributed by atoms with E-state index in [2.05, 4.69) is 72.5 Å². The van der Waals surface area contributed by atoms with Crippen molar-refractivity contribution in [2.75, 3.05) is 4.43 Å². The van der Waals surface area contributed by atoms with E-state index in [0.29, 0.717) is 0 Å². The van der Waals surface area contributed by atoms with Crippen LogP contribution >= 0.6 is 22.6 Å². The van der Waals surface area contributed by atoms with Gasteiger partial charge in [0, 0.05) is 4.43 Å². The van der Waals surface area contributed by atoms with Gasteiger partial charge in [0.15, 0.2) is 0 Å². The third kappa shape index (κ3) is 4.20. The maximum atomic E-state index is 4.11. The molecule has 2 unspecified atom stereocenters. The van der Waals surface area contributed by atoms with Crippen LogP contribution < -0.4 is 0 Å². The van der Waals surface area contributed by atoms with Crippen molar-refractivity contribution >= 4 is 22.6 Å². The lowest BCUT2D eigenvalue weighted by molar-refractivity contribution is 0.904. The molecule has 102 valence electrons. The summed E-state index contributed by atoms with van der Waals surface area (Å²) in [6, 6.07) is 8.97. The van der Waals surface area contributed by atoms with Crippen LogP contribution in [0.25, 0.3) is 0 Å². The van der Waals surface area contributed by atoms with Crippen LogP contribution in [0.1, 0.15) is 43.2 Å². The Hall–Kier alpha value is -0.570. The number of rotatable bonds is 7. The Morgan fingerprint density at radius 3 is 2.74 bits per heavy atom. The number of hydrogen-bond acceptors (Lipinski definition) is 0. The standard InChI is InChI=1S/C18H23I/c1-14(2)17-13-18(17)16-11-7-6-10-15(16)9-5-3-4-8-12-19/h3-4,6-7,10-11,17-18H,1,5,8-9,12-13H2,2H3/b4-3-. The first kappa shape index (κ1) is 14.8. The minimum atomic E-state index is 0.732. The average molecular weight is 366 g/mol. The molecule has 1 aromatic carbocycles. The Bertz CT molecular complexity index is 459. The van der Waals surface area contributed by atoms with Gasteiger partial charge in [-0.2, -0.15) is 0 Å². The highest BCUT2D eigenvalue weighted by Crippen LogP contribution is 2.52. The average Bonchev–Trinajstić information content (AvgIpc) is 3.19. The molecule has 0 aromatic heterocycles. The van der Waals surface area contributed by atoms with Gasteiger partial charge >= 0.3 is 0 Å². The minimum Gasteiger partial charge on any atom is -0.0998 e. The van der Waals surface area contributed by atoms with Gasteiger partial charge in [-0.05, 0) is 55.6 Å². The molecule has 0 radical (unpaired) electrons. The van der Waals surface area contributed by atoms with Gasteiger partial charge < -0.3 is 0 Å². The molecule has 19 heavy (non-hydrogen) atoms. The quantitative estimate of drug-likeness (QED) is 0.331. The number of halogens is 1. The van der Waals surface area contributed by atoms with Gasteiger partial charge in [-0.3, -0.25) is 0 Å². The normalized spacial score (nSPS) is 21.8. The fourth-order valence-electron chi connectivity index (χ4n) is 2.74. The Balaban J connectivity index is 1.96. The Morgan fingerprint density at radius 2 is 2.05 bits per heavy atom. The van der Waals surface area contributed by atoms with Gasteiger partial charge in [0.25, 0.3) is 0 Å². The Labute approximate surface area is 131 Å². The van der Waals surface area contributed by atoms with E-state index >= 15 is 0 Å². The molecule has 1 fully saturated rings. The van der Waals surface area contributed by atoms with E-state index in [1.54, 1.807) is 5.56 Å². The molecule has 0 nitrogen and oxygen atoms in total. The summed E-state index contributed by atoms with van der Waals surface area (Å²) < 4.78 is 1.22. The summed E-state index contributed by atoms with van der Waals surface area (Å²) in [7, 11) is 0. The molecule has 0 bridgehead atoms. The Kier molecular flexibility index (Phi) is 5.68. The monoisotopic (exact) mass is 366 g/mol. The van der Waals surface area contributed by atoms with E-state index in [4.69, 9.17) is 0 Å². The van der Waals surface area contributed by atoms with E-state index < -0.39 is 0 Å². The molecule has 1 aliphatic carbocycles. The van der Waals surface area contributed by atoms with Crippen LogP contribution in [0.5, 0.6) is 0 Å². The lowest BCUT2D eigenvalue weighted by Gasteiger charge is -2.08. The second-order valence-corrected chi connectivity index (χ2v) is 6.56. The smallest absolute Gasteiger partial charge is 0.00299 e. The third-order valence-electron chi connectivity index (χ3n) is 3.90. The van der Waals surface area contributed by atoms with Crippen LogP contribution in [0.3, 0.4) is 0 Å².